The first-order valence-electron chi connectivity index (χ1n) is 8.48. The monoisotopic (exact) mass is 408 g/mol. The van der Waals surface area contributed by atoms with E-state index in [1.807, 2.05) is 42.5 Å². The number of rotatable bonds is 9. The molecule has 0 fully saturated rings. The summed E-state index contributed by atoms with van der Waals surface area (Å²) >= 11 is 9.23. The van der Waals surface area contributed by atoms with Gasteiger partial charge in [-0.25, -0.2) is 4.98 Å². The molecule has 3 rings (SSSR count). The van der Waals surface area contributed by atoms with Gasteiger partial charge in [0.05, 0.1) is 16.8 Å². The molecule has 1 N–H and O–H groups in total. The van der Waals surface area contributed by atoms with Gasteiger partial charge in [-0.3, -0.25) is 4.90 Å². The highest BCUT2D eigenvalue weighted by molar-refractivity contribution is 8.01. The van der Waals surface area contributed by atoms with Gasteiger partial charge in [-0.2, -0.15) is 0 Å². The van der Waals surface area contributed by atoms with Gasteiger partial charge in [0.1, 0.15) is 12.4 Å². The standard InChI is InChI=1S/C19H21ClN2O2S2/c1-2-22(9-11-23)10-12-24-15-5-8-17-18(13-15)26-19(21-17)25-16-6-3-14(20)4-7-16/h3-8,13,23H,2,9-12H2,1H3. The first-order chi connectivity index (χ1) is 12.7. The van der Waals surface area contributed by atoms with E-state index < -0.39 is 0 Å². The predicted molar refractivity (Wildman–Crippen MR) is 110 cm³/mol. The third-order valence-electron chi connectivity index (χ3n) is 3.90. The van der Waals surface area contributed by atoms with E-state index >= 15 is 0 Å². The number of halogens is 1. The maximum atomic E-state index is 9.03. The number of thiazole rings is 1. The molecule has 26 heavy (non-hydrogen) atoms. The number of aromatic nitrogens is 1. The smallest absolute Gasteiger partial charge is 0.155 e. The molecule has 0 spiro atoms. The fourth-order valence-electron chi connectivity index (χ4n) is 2.48. The normalized spacial score (nSPS) is 11.4. The summed E-state index contributed by atoms with van der Waals surface area (Å²) in [5, 5.41) is 9.76. The van der Waals surface area contributed by atoms with Gasteiger partial charge in [0.2, 0.25) is 0 Å². The van der Waals surface area contributed by atoms with Crippen molar-refractivity contribution in [2.45, 2.75) is 16.2 Å². The molecule has 1 heterocycles. The largest absolute Gasteiger partial charge is 0.492 e. The first-order valence-corrected chi connectivity index (χ1v) is 10.5. The summed E-state index contributed by atoms with van der Waals surface area (Å²) in [5.41, 5.74) is 0.981. The molecule has 0 saturated carbocycles. The van der Waals surface area contributed by atoms with Crippen molar-refractivity contribution in [2.24, 2.45) is 0 Å². The van der Waals surface area contributed by atoms with Gasteiger partial charge >= 0.3 is 0 Å². The SMILES string of the molecule is CCN(CCO)CCOc1ccc2nc(Sc3ccc(Cl)cc3)sc2c1. The van der Waals surface area contributed by atoms with Crippen LogP contribution in [-0.2, 0) is 0 Å². The molecule has 0 amide bonds. The number of fused-ring (bicyclic) bond motifs is 1. The van der Waals surface area contributed by atoms with Crippen molar-refractivity contribution in [2.75, 3.05) is 32.8 Å². The van der Waals surface area contributed by atoms with Crippen molar-refractivity contribution in [3.63, 3.8) is 0 Å². The van der Waals surface area contributed by atoms with E-state index in [9.17, 15) is 0 Å². The van der Waals surface area contributed by atoms with Crippen molar-refractivity contribution >= 4 is 44.9 Å². The summed E-state index contributed by atoms with van der Waals surface area (Å²) in [6.07, 6.45) is 0. The molecular weight excluding hydrogens is 388 g/mol. The van der Waals surface area contributed by atoms with Gasteiger partial charge in [0, 0.05) is 23.0 Å². The molecule has 0 aliphatic heterocycles. The Hall–Kier alpha value is -1.31. The fourth-order valence-corrected chi connectivity index (χ4v) is 4.68. The number of hydrogen-bond acceptors (Lipinski definition) is 6. The topological polar surface area (TPSA) is 45.6 Å². The molecular formula is C19H21ClN2O2S2. The summed E-state index contributed by atoms with van der Waals surface area (Å²) < 4.78 is 7.98. The third kappa shape index (κ3) is 5.34. The number of hydrogen-bond donors (Lipinski definition) is 1. The molecule has 7 heteroatoms. The zero-order valence-corrected chi connectivity index (χ0v) is 16.9. The summed E-state index contributed by atoms with van der Waals surface area (Å²) in [6.45, 7) is 5.25. The molecule has 138 valence electrons. The van der Waals surface area contributed by atoms with Crippen LogP contribution in [0.4, 0.5) is 0 Å². The van der Waals surface area contributed by atoms with Crippen LogP contribution in [0.15, 0.2) is 51.7 Å². The number of aliphatic hydroxyl groups excluding tert-OH is 1. The van der Waals surface area contributed by atoms with Gasteiger partial charge in [0.25, 0.3) is 0 Å². The Bertz CT molecular complexity index is 839. The van der Waals surface area contributed by atoms with Gasteiger partial charge < -0.3 is 9.84 Å². The van der Waals surface area contributed by atoms with E-state index in [1.165, 1.54) is 0 Å². The molecule has 0 atom stereocenters. The highest BCUT2D eigenvalue weighted by Crippen LogP contribution is 2.36. The minimum atomic E-state index is 0.175. The number of ether oxygens (including phenoxy) is 1. The van der Waals surface area contributed by atoms with E-state index in [0.717, 1.165) is 43.3 Å². The van der Waals surface area contributed by atoms with E-state index in [2.05, 4.69) is 16.8 Å². The lowest BCUT2D eigenvalue weighted by Gasteiger charge is -2.19. The molecule has 0 aliphatic carbocycles. The molecule has 0 radical (unpaired) electrons. The molecule has 0 aliphatic rings. The fraction of sp³-hybridized carbons (Fsp3) is 0.316. The van der Waals surface area contributed by atoms with Crippen LogP contribution in [0.25, 0.3) is 10.2 Å². The Morgan fingerprint density at radius 2 is 2.00 bits per heavy atom. The van der Waals surface area contributed by atoms with Crippen LogP contribution in [0.2, 0.25) is 5.02 Å². The lowest BCUT2D eigenvalue weighted by atomic mass is 10.3. The van der Waals surface area contributed by atoms with Crippen LogP contribution in [-0.4, -0.2) is 47.8 Å². The van der Waals surface area contributed by atoms with Crippen LogP contribution >= 0.6 is 34.7 Å². The van der Waals surface area contributed by atoms with Crippen molar-refractivity contribution < 1.29 is 9.84 Å². The summed E-state index contributed by atoms with van der Waals surface area (Å²) in [7, 11) is 0. The molecule has 0 bridgehead atoms. The van der Waals surface area contributed by atoms with E-state index in [1.54, 1.807) is 23.1 Å². The second-order valence-corrected chi connectivity index (χ2v) is 8.46. The maximum absolute atomic E-state index is 9.03. The quantitative estimate of drug-likeness (QED) is 0.551. The van der Waals surface area contributed by atoms with Gasteiger partial charge in [-0.1, -0.05) is 30.3 Å². The highest BCUT2D eigenvalue weighted by atomic mass is 35.5. The van der Waals surface area contributed by atoms with Gasteiger partial charge in [-0.05, 0) is 49.0 Å². The van der Waals surface area contributed by atoms with Crippen molar-refractivity contribution in [3.05, 3.63) is 47.5 Å². The lowest BCUT2D eigenvalue weighted by Crippen LogP contribution is -2.30. The van der Waals surface area contributed by atoms with Crippen molar-refractivity contribution in [1.82, 2.24) is 9.88 Å². The summed E-state index contributed by atoms with van der Waals surface area (Å²) in [5.74, 6) is 0.851. The Labute approximate surface area is 166 Å². The van der Waals surface area contributed by atoms with Crippen LogP contribution in [0.1, 0.15) is 6.92 Å². The summed E-state index contributed by atoms with van der Waals surface area (Å²) in [4.78, 5) is 7.95. The molecule has 0 unspecified atom stereocenters. The molecule has 4 nitrogen and oxygen atoms in total. The average molecular weight is 409 g/mol. The minimum absolute atomic E-state index is 0.175. The van der Waals surface area contributed by atoms with Crippen LogP contribution in [0.3, 0.4) is 0 Å². The minimum Gasteiger partial charge on any atom is -0.492 e. The number of benzene rings is 2. The third-order valence-corrected chi connectivity index (χ3v) is 6.24. The highest BCUT2D eigenvalue weighted by Gasteiger charge is 2.08. The average Bonchev–Trinajstić information content (AvgIpc) is 3.04. The van der Waals surface area contributed by atoms with Crippen molar-refractivity contribution in [3.8, 4) is 5.75 Å². The van der Waals surface area contributed by atoms with Crippen LogP contribution in [0.5, 0.6) is 5.75 Å². The molecule has 0 saturated heterocycles. The summed E-state index contributed by atoms with van der Waals surface area (Å²) in [6, 6.07) is 13.8. The Balaban J connectivity index is 1.62. The number of likely N-dealkylation sites (N-methyl/N-ethyl adjacent to an activating group) is 1. The van der Waals surface area contributed by atoms with Crippen LogP contribution < -0.4 is 4.74 Å². The molecule has 1 aromatic heterocycles. The molecule has 2 aromatic carbocycles. The molecule has 3 aromatic rings. The second kappa shape index (κ2) is 9.58. The second-order valence-electron chi connectivity index (χ2n) is 5.67. The zero-order valence-electron chi connectivity index (χ0n) is 14.5. The van der Waals surface area contributed by atoms with E-state index in [-0.39, 0.29) is 6.61 Å². The lowest BCUT2D eigenvalue weighted by molar-refractivity contribution is 0.174. The maximum Gasteiger partial charge on any atom is 0.155 e. The Morgan fingerprint density at radius 1 is 1.19 bits per heavy atom. The van der Waals surface area contributed by atoms with Crippen molar-refractivity contribution in [1.29, 1.82) is 0 Å². The Kier molecular flexibility index (Phi) is 7.16. The number of aliphatic hydroxyl groups is 1. The van der Waals surface area contributed by atoms with Gasteiger partial charge in [0.15, 0.2) is 4.34 Å². The first kappa shape index (κ1) is 19.5. The van der Waals surface area contributed by atoms with Crippen LogP contribution in [0, 0.1) is 0 Å². The van der Waals surface area contributed by atoms with E-state index in [0.29, 0.717) is 13.2 Å². The zero-order chi connectivity index (χ0) is 18.4. The van der Waals surface area contributed by atoms with Gasteiger partial charge in [-0.15, -0.1) is 11.3 Å². The van der Waals surface area contributed by atoms with E-state index in [4.69, 9.17) is 21.4 Å². The predicted octanol–water partition coefficient (Wildman–Crippen LogP) is 4.79. The number of nitrogens with zero attached hydrogens (tertiary/aromatic N) is 2. The Morgan fingerprint density at radius 3 is 2.73 bits per heavy atom.